The standard InChI is InChI=1S/C17H20O3/c1-10(18)20-16(3)12-4-6-15(2,14(16)19)11-5-7-17(8-9-17)13(11)12/h4-7,11-13H,8-9H2,1-3H3/t11-,12+,13+,15-,16-/m0/s1. The van der Waals surface area contributed by atoms with Crippen LogP contribution in [0.15, 0.2) is 24.3 Å². The highest BCUT2D eigenvalue weighted by Gasteiger charge is 2.71. The first-order chi connectivity index (χ1) is 9.33. The van der Waals surface area contributed by atoms with Crippen LogP contribution in [0.25, 0.3) is 0 Å². The molecular weight excluding hydrogens is 252 g/mol. The molecule has 2 fully saturated rings. The van der Waals surface area contributed by atoms with E-state index >= 15 is 0 Å². The van der Waals surface area contributed by atoms with E-state index in [0.717, 1.165) is 0 Å². The maximum atomic E-state index is 13.0. The van der Waals surface area contributed by atoms with Crippen molar-refractivity contribution in [3.05, 3.63) is 24.3 Å². The van der Waals surface area contributed by atoms with Crippen molar-refractivity contribution in [2.24, 2.45) is 28.6 Å². The molecule has 106 valence electrons. The summed E-state index contributed by atoms with van der Waals surface area (Å²) in [4.78, 5) is 24.5. The van der Waals surface area contributed by atoms with Gasteiger partial charge in [0.25, 0.3) is 0 Å². The van der Waals surface area contributed by atoms with Crippen molar-refractivity contribution < 1.29 is 14.3 Å². The van der Waals surface area contributed by atoms with E-state index in [0.29, 0.717) is 5.92 Å². The van der Waals surface area contributed by atoms with Gasteiger partial charge in [-0.3, -0.25) is 9.59 Å². The summed E-state index contributed by atoms with van der Waals surface area (Å²) in [6.07, 6.45) is 11.2. The fourth-order valence-electron chi connectivity index (χ4n) is 5.07. The van der Waals surface area contributed by atoms with Crippen LogP contribution in [-0.2, 0) is 14.3 Å². The predicted molar refractivity (Wildman–Crippen MR) is 73.7 cm³/mol. The Hall–Kier alpha value is -1.38. The molecule has 0 amide bonds. The van der Waals surface area contributed by atoms with Gasteiger partial charge in [0.2, 0.25) is 0 Å². The molecule has 0 aromatic heterocycles. The second-order valence-electron chi connectivity index (χ2n) is 7.34. The van der Waals surface area contributed by atoms with Crippen molar-refractivity contribution in [2.45, 2.75) is 39.2 Å². The summed E-state index contributed by atoms with van der Waals surface area (Å²) in [6.45, 7) is 5.21. The SMILES string of the molecule is CC(=O)O[C@]1(C)C(=O)[C@@]2(C)C=C[C@@H]1[C@H]1[C@@H]2C=CC12CC2. The Bertz CT molecular complexity index is 583. The van der Waals surface area contributed by atoms with Crippen LogP contribution in [0.4, 0.5) is 0 Å². The van der Waals surface area contributed by atoms with E-state index < -0.39 is 11.0 Å². The highest BCUT2D eigenvalue weighted by atomic mass is 16.6. The molecule has 5 atom stereocenters. The third-order valence-corrected chi connectivity index (χ3v) is 6.17. The number of hydrogen-bond donors (Lipinski definition) is 0. The molecule has 3 heteroatoms. The Balaban J connectivity index is 1.86. The summed E-state index contributed by atoms with van der Waals surface area (Å²) in [6, 6.07) is 0. The summed E-state index contributed by atoms with van der Waals surface area (Å²) in [5, 5.41) is 0. The molecule has 5 rings (SSSR count). The molecule has 0 aromatic rings. The third-order valence-electron chi connectivity index (χ3n) is 6.17. The first kappa shape index (κ1) is 12.4. The Morgan fingerprint density at radius 1 is 1.20 bits per heavy atom. The Labute approximate surface area is 119 Å². The van der Waals surface area contributed by atoms with Gasteiger partial charge in [0.05, 0.1) is 5.41 Å². The molecule has 0 unspecified atom stereocenters. The average Bonchev–Trinajstić information content (AvgIpc) is 3.03. The Kier molecular flexibility index (Phi) is 2.02. The fraction of sp³-hybridized carbons (Fsp3) is 0.647. The number of esters is 1. The summed E-state index contributed by atoms with van der Waals surface area (Å²) in [5.74, 6) is 0.410. The van der Waals surface area contributed by atoms with Gasteiger partial charge in [0, 0.05) is 12.8 Å². The topological polar surface area (TPSA) is 43.4 Å². The van der Waals surface area contributed by atoms with Gasteiger partial charge < -0.3 is 4.74 Å². The lowest BCUT2D eigenvalue weighted by molar-refractivity contribution is -0.187. The number of Topliss-reactive ketones (excluding diaryl/α,β-unsaturated/α-hetero) is 1. The first-order valence-electron chi connectivity index (χ1n) is 7.47. The number of hydrogen-bond acceptors (Lipinski definition) is 3. The molecule has 0 aromatic carbocycles. The average molecular weight is 272 g/mol. The number of rotatable bonds is 1. The molecule has 20 heavy (non-hydrogen) atoms. The van der Waals surface area contributed by atoms with E-state index in [1.54, 1.807) is 0 Å². The summed E-state index contributed by atoms with van der Waals surface area (Å²) < 4.78 is 5.55. The van der Waals surface area contributed by atoms with E-state index in [9.17, 15) is 9.59 Å². The van der Waals surface area contributed by atoms with Gasteiger partial charge >= 0.3 is 5.97 Å². The number of allylic oxidation sites excluding steroid dienone is 3. The number of ketones is 1. The lowest BCUT2D eigenvalue weighted by Crippen LogP contribution is -2.65. The number of ether oxygens (including phenoxy) is 1. The van der Waals surface area contributed by atoms with Crippen molar-refractivity contribution >= 4 is 11.8 Å². The van der Waals surface area contributed by atoms with Crippen LogP contribution < -0.4 is 0 Å². The summed E-state index contributed by atoms with van der Waals surface area (Å²) in [5.41, 5.74) is -1.24. The van der Waals surface area contributed by atoms with Crippen LogP contribution >= 0.6 is 0 Å². The maximum Gasteiger partial charge on any atom is 0.303 e. The van der Waals surface area contributed by atoms with E-state index in [2.05, 4.69) is 24.3 Å². The molecule has 3 nitrogen and oxygen atoms in total. The minimum absolute atomic E-state index is 0.0169. The van der Waals surface area contributed by atoms with Crippen LogP contribution in [-0.4, -0.2) is 17.4 Å². The van der Waals surface area contributed by atoms with Crippen molar-refractivity contribution in [3.8, 4) is 0 Å². The van der Waals surface area contributed by atoms with Crippen molar-refractivity contribution in [1.82, 2.24) is 0 Å². The van der Waals surface area contributed by atoms with Crippen LogP contribution in [0.1, 0.15) is 33.6 Å². The zero-order valence-electron chi connectivity index (χ0n) is 12.2. The number of carbonyl (C=O) groups is 2. The molecule has 1 spiro atoms. The zero-order chi connectivity index (χ0) is 14.3. The molecule has 2 saturated carbocycles. The quantitative estimate of drug-likeness (QED) is 0.544. The van der Waals surface area contributed by atoms with Crippen LogP contribution in [0.2, 0.25) is 0 Å². The number of carbonyl (C=O) groups excluding carboxylic acids is 2. The fourth-order valence-corrected chi connectivity index (χ4v) is 5.07. The summed E-state index contributed by atoms with van der Waals surface area (Å²) >= 11 is 0. The van der Waals surface area contributed by atoms with Gasteiger partial charge in [-0.05, 0) is 43.9 Å². The van der Waals surface area contributed by atoms with E-state index in [1.807, 2.05) is 13.8 Å². The largest absolute Gasteiger partial charge is 0.451 e. The van der Waals surface area contributed by atoms with Crippen molar-refractivity contribution in [1.29, 1.82) is 0 Å². The van der Waals surface area contributed by atoms with Gasteiger partial charge in [-0.1, -0.05) is 24.3 Å². The number of fused-ring (bicyclic) bond motifs is 1. The van der Waals surface area contributed by atoms with Gasteiger partial charge in [0.1, 0.15) is 0 Å². The molecule has 5 aliphatic rings. The van der Waals surface area contributed by atoms with Crippen LogP contribution in [0.3, 0.4) is 0 Å². The Morgan fingerprint density at radius 3 is 2.45 bits per heavy atom. The lowest BCUT2D eigenvalue weighted by Gasteiger charge is -2.56. The molecule has 0 saturated heterocycles. The first-order valence-corrected chi connectivity index (χ1v) is 7.47. The van der Waals surface area contributed by atoms with Crippen LogP contribution in [0, 0.1) is 28.6 Å². The van der Waals surface area contributed by atoms with Crippen LogP contribution in [0.5, 0.6) is 0 Å². The second kappa shape index (κ2) is 3.26. The Morgan fingerprint density at radius 2 is 1.85 bits per heavy atom. The second-order valence-corrected chi connectivity index (χ2v) is 7.34. The van der Waals surface area contributed by atoms with Gasteiger partial charge in [-0.15, -0.1) is 0 Å². The van der Waals surface area contributed by atoms with Crippen molar-refractivity contribution in [2.75, 3.05) is 0 Å². The highest BCUT2D eigenvalue weighted by molar-refractivity contribution is 5.98. The minimum Gasteiger partial charge on any atom is -0.451 e. The zero-order valence-corrected chi connectivity index (χ0v) is 12.2. The highest BCUT2D eigenvalue weighted by Crippen LogP contribution is 2.70. The smallest absolute Gasteiger partial charge is 0.303 e. The minimum atomic E-state index is -0.988. The maximum absolute atomic E-state index is 13.0. The van der Waals surface area contributed by atoms with Gasteiger partial charge in [-0.2, -0.15) is 0 Å². The van der Waals surface area contributed by atoms with E-state index in [4.69, 9.17) is 4.74 Å². The summed E-state index contributed by atoms with van der Waals surface area (Å²) in [7, 11) is 0. The molecule has 5 aliphatic carbocycles. The van der Waals surface area contributed by atoms with Gasteiger partial charge in [-0.25, -0.2) is 0 Å². The molecular formula is C17H20O3. The molecule has 0 radical (unpaired) electrons. The van der Waals surface area contributed by atoms with E-state index in [1.165, 1.54) is 19.8 Å². The molecule has 0 heterocycles. The monoisotopic (exact) mass is 272 g/mol. The van der Waals surface area contributed by atoms with Gasteiger partial charge in [0.15, 0.2) is 11.4 Å². The predicted octanol–water partition coefficient (Wildman–Crippen LogP) is 2.67. The lowest BCUT2D eigenvalue weighted by atomic mass is 9.48. The molecule has 0 aliphatic heterocycles. The third kappa shape index (κ3) is 1.18. The van der Waals surface area contributed by atoms with Crippen molar-refractivity contribution in [3.63, 3.8) is 0 Å². The molecule has 2 bridgehead atoms. The van der Waals surface area contributed by atoms with E-state index in [-0.39, 0.29) is 29.0 Å². The normalized spacial score (nSPS) is 49.5. The molecule has 0 N–H and O–H groups in total.